The van der Waals surface area contributed by atoms with E-state index in [9.17, 15) is 14.0 Å². The molecule has 0 unspecified atom stereocenters. The average molecular weight is 505 g/mol. The number of hydrogen-bond donors (Lipinski definition) is 2. The molecular weight excluding hydrogens is 479 g/mol. The first-order valence-electron chi connectivity index (χ1n) is 11.8. The number of rotatable bonds is 6. The molecule has 0 bridgehead atoms. The van der Waals surface area contributed by atoms with E-state index in [1.807, 2.05) is 6.07 Å². The number of hydrogen-bond acceptors (Lipinski definition) is 4. The predicted molar refractivity (Wildman–Crippen MR) is 137 cm³/mol. The van der Waals surface area contributed by atoms with Gasteiger partial charge < -0.3 is 16.0 Å². The van der Waals surface area contributed by atoms with Crippen LogP contribution in [0, 0.1) is 17.1 Å². The Morgan fingerprint density at radius 2 is 1.75 bits per heavy atom. The Morgan fingerprint density at radius 1 is 1.03 bits per heavy atom. The van der Waals surface area contributed by atoms with Crippen LogP contribution in [0.25, 0.3) is 0 Å². The van der Waals surface area contributed by atoms with E-state index in [2.05, 4.69) is 5.32 Å². The minimum absolute atomic E-state index is 0.0615. The molecule has 8 heteroatoms. The van der Waals surface area contributed by atoms with Crippen LogP contribution in [0.15, 0.2) is 66.7 Å². The van der Waals surface area contributed by atoms with Crippen molar-refractivity contribution in [3.8, 4) is 6.07 Å². The first kappa shape index (κ1) is 25.4. The number of halogens is 2. The first-order chi connectivity index (χ1) is 17.3. The van der Waals surface area contributed by atoms with Crippen LogP contribution >= 0.6 is 11.6 Å². The Bertz CT molecular complexity index is 1300. The molecule has 0 saturated heterocycles. The summed E-state index contributed by atoms with van der Waals surface area (Å²) in [6.07, 6.45) is 3.09. The highest BCUT2D eigenvalue weighted by atomic mass is 35.5. The van der Waals surface area contributed by atoms with Crippen molar-refractivity contribution in [3.05, 3.63) is 99.8 Å². The average Bonchev–Trinajstić information content (AvgIpc) is 2.89. The third-order valence-electron chi connectivity index (χ3n) is 6.44. The van der Waals surface area contributed by atoms with E-state index < -0.39 is 5.82 Å². The summed E-state index contributed by atoms with van der Waals surface area (Å²) in [5.74, 6) is -1.09. The fourth-order valence-electron chi connectivity index (χ4n) is 4.42. The summed E-state index contributed by atoms with van der Waals surface area (Å²) < 4.78 is 13.9. The molecule has 0 atom stereocenters. The van der Waals surface area contributed by atoms with Crippen LogP contribution in [-0.2, 0) is 6.54 Å². The lowest BCUT2D eigenvalue weighted by Crippen LogP contribution is -2.44. The molecule has 0 heterocycles. The van der Waals surface area contributed by atoms with Crippen molar-refractivity contribution < 1.29 is 14.0 Å². The Hall–Kier alpha value is -3.73. The van der Waals surface area contributed by atoms with Crippen LogP contribution in [-0.4, -0.2) is 28.8 Å². The molecule has 0 radical (unpaired) electrons. The van der Waals surface area contributed by atoms with Crippen molar-refractivity contribution in [2.45, 2.75) is 44.3 Å². The smallest absolute Gasteiger partial charge is 0.255 e. The van der Waals surface area contributed by atoms with E-state index in [4.69, 9.17) is 22.6 Å². The van der Waals surface area contributed by atoms with Crippen LogP contribution in [0.2, 0.25) is 5.02 Å². The van der Waals surface area contributed by atoms with Gasteiger partial charge in [-0.2, -0.15) is 5.26 Å². The number of carbonyl (C=O) groups is 2. The van der Waals surface area contributed by atoms with E-state index >= 15 is 0 Å². The highest BCUT2D eigenvalue weighted by Gasteiger charge is 2.29. The molecular formula is C28H26ClFN4O2. The Labute approximate surface area is 214 Å². The zero-order chi connectivity index (χ0) is 25.7. The molecule has 6 nitrogen and oxygen atoms in total. The monoisotopic (exact) mass is 504 g/mol. The number of anilines is 1. The zero-order valence-electron chi connectivity index (χ0n) is 19.6. The minimum Gasteiger partial charge on any atom is -0.331 e. The largest absolute Gasteiger partial charge is 0.331 e. The van der Waals surface area contributed by atoms with Gasteiger partial charge in [-0.25, -0.2) is 4.39 Å². The minimum atomic E-state index is -0.475. The molecule has 1 aliphatic carbocycles. The third kappa shape index (κ3) is 6.09. The highest BCUT2D eigenvalue weighted by Crippen LogP contribution is 2.29. The number of nitrogens with two attached hydrogens (primary N) is 1. The molecule has 36 heavy (non-hydrogen) atoms. The van der Waals surface area contributed by atoms with Gasteiger partial charge >= 0.3 is 0 Å². The van der Waals surface area contributed by atoms with Crippen molar-refractivity contribution in [2.24, 2.45) is 5.73 Å². The molecule has 3 N–H and O–H groups in total. The van der Waals surface area contributed by atoms with Gasteiger partial charge in [0, 0.05) is 40.5 Å². The normalized spacial score (nSPS) is 17.2. The molecule has 0 aliphatic heterocycles. The lowest BCUT2D eigenvalue weighted by atomic mass is 9.90. The number of amides is 2. The Morgan fingerprint density at radius 3 is 2.42 bits per heavy atom. The van der Waals surface area contributed by atoms with Gasteiger partial charge in [-0.15, -0.1) is 0 Å². The van der Waals surface area contributed by atoms with Crippen molar-refractivity contribution in [2.75, 3.05) is 5.32 Å². The van der Waals surface area contributed by atoms with Crippen LogP contribution in [0.1, 0.15) is 57.5 Å². The molecule has 2 amide bonds. The van der Waals surface area contributed by atoms with Gasteiger partial charge in [0.1, 0.15) is 5.82 Å². The van der Waals surface area contributed by atoms with Crippen LogP contribution in [0.3, 0.4) is 0 Å². The second-order valence-corrected chi connectivity index (χ2v) is 9.37. The van der Waals surface area contributed by atoms with Crippen LogP contribution < -0.4 is 11.1 Å². The lowest BCUT2D eigenvalue weighted by Gasteiger charge is -2.36. The van der Waals surface area contributed by atoms with Gasteiger partial charge in [0.25, 0.3) is 11.8 Å². The summed E-state index contributed by atoms with van der Waals surface area (Å²) in [7, 11) is 0. The van der Waals surface area contributed by atoms with Gasteiger partial charge in [-0.3, -0.25) is 9.59 Å². The summed E-state index contributed by atoms with van der Waals surface area (Å²) in [4.78, 5) is 27.9. The van der Waals surface area contributed by atoms with Crippen molar-refractivity contribution >= 4 is 29.1 Å². The summed E-state index contributed by atoms with van der Waals surface area (Å²) >= 11 is 6.50. The predicted octanol–water partition coefficient (Wildman–Crippen LogP) is 5.52. The summed E-state index contributed by atoms with van der Waals surface area (Å²) in [6, 6.07) is 19.1. The van der Waals surface area contributed by atoms with Gasteiger partial charge in [0.15, 0.2) is 0 Å². The second-order valence-electron chi connectivity index (χ2n) is 8.96. The van der Waals surface area contributed by atoms with Crippen molar-refractivity contribution in [1.82, 2.24) is 4.90 Å². The summed E-state index contributed by atoms with van der Waals surface area (Å²) in [6.45, 7) is 0.203. The maximum Gasteiger partial charge on any atom is 0.255 e. The van der Waals surface area contributed by atoms with E-state index in [0.717, 1.165) is 25.7 Å². The fourth-order valence-corrected chi connectivity index (χ4v) is 4.60. The Kier molecular flexibility index (Phi) is 7.99. The lowest BCUT2D eigenvalue weighted by molar-refractivity contribution is 0.0606. The molecule has 4 rings (SSSR count). The van der Waals surface area contributed by atoms with Gasteiger partial charge in [0.05, 0.1) is 11.6 Å². The molecule has 184 valence electrons. The van der Waals surface area contributed by atoms with Gasteiger partial charge in [-0.1, -0.05) is 17.7 Å². The van der Waals surface area contributed by atoms with E-state index in [1.54, 1.807) is 53.4 Å². The number of carbonyl (C=O) groups excluding carboxylic acids is 2. The molecule has 0 spiro atoms. The number of benzene rings is 3. The van der Waals surface area contributed by atoms with Crippen LogP contribution in [0.4, 0.5) is 10.1 Å². The van der Waals surface area contributed by atoms with E-state index in [-0.39, 0.29) is 36.0 Å². The molecule has 3 aromatic carbocycles. The maximum atomic E-state index is 13.9. The first-order valence-corrected chi connectivity index (χ1v) is 12.1. The molecule has 1 aliphatic rings. The van der Waals surface area contributed by atoms with Crippen molar-refractivity contribution in [3.63, 3.8) is 0 Å². The quantitative estimate of drug-likeness (QED) is 0.462. The van der Waals surface area contributed by atoms with Crippen molar-refractivity contribution in [1.29, 1.82) is 5.26 Å². The molecule has 1 saturated carbocycles. The number of nitriles is 1. The second kappa shape index (κ2) is 11.3. The Balaban J connectivity index is 1.58. The van der Waals surface area contributed by atoms with E-state index in [1.165, 1.54) is 18.2 Å². The molecule has 1 fully saturated rings. The van der Waals surface area contributed by atoms with E-state index in [0.29, 0.717) is 27.4 Å². The SMILES string of the molecule is N#Cc1ccc(C(=O)Nc2ccc(Cl)c(CN(C(=O)c3cccc(F)c3)C3CCC(N)CC3)c2)cc1. The summed E-state index contributed by atoms with van der Waals surface area (Å²) in [5.41, 5.74) is 8.41. The topological polar surface area (TPSA) is 99.2 Å². The number of nitrogens with one attached hydrogen (secondary N) is 1. The third-order valence-corrected chi connectivity index (χ3v) is 6.80. The standard InChI is InChI=1S/C28H26ClFN4O2/c29-26-13-10-24(33-27(35)19-6-4-18(16-31)5-7-19)15-21(26)17-34(25-11-8-23(32)9-12-25)28(36)20-2-1-3-22(30)14-20/h1-7,10,13-15,23,25H,8-9,11-12,17,32H2,(H,33,35). The summed E-state index contributed by atoms with van der Waals surface area (Å²) in [5, 5.41) is 12.2. The molecule has 0 aromatic heterocycles. The van der Waals surface area contributed by atoms with Gasteiger partial charge in [0.2, 0.25) is 0 Å². The fraction of sp³-hybridized carbons (Fsp3) is 0.250. The number of nitrogens with zero attached hydrogens (tertiary/aromatic N) is 2. The van der Waals surface area contributed by atoms with Crippen LogP contribution in [0.5, 0.6) is 0 Å². The zero-order valence-corrected chi connectivity index (χ0v) is 20.3. The highest BCUT2D eigenvalue weighted by molar-refractivity contribution is 6.31. The maximum absolute atomic E-state index is 13.9. The molecule has 3 aromatic rings. The van der Waals surface area contributed by atoms with Gasteiger partial charge in [-0.05, 0) is 91.9 Å².